The van der Waals surface area contributed by atoms with E-state index in [0.717, 1.165) is 42.5 Å². The molecule has 1 aliphatic heterocycles. The zero-order valence-electron chi connectivity index (χ0n) is 21.5. The molecule has 0 atom stereocenters. The molecule has 38 heavy (non-hydrogen) atoms. The Morgan fingerprint density at radius 3 is 2.34 bits per heavy atom. The van der Waals surface area contributed by atoms with Crippen LogP contribution >= 0.6 is 0 Å². The van der Waals surface area contributed by atoms with Gasteiger partial charge in [0.15, 0.2) is 11.5 Å². The summed E-state index contributed by atoms with van der Waals surface area (Å²) in [5, 5.41) is 4.18. The molecule has 0 aliphatic carbocycles. The van der Waals surface area contributed by atoms with Crippen molar-refractivity contribution in [2.24, 2.45) is 11.7 Å². The first-order valence-electron chi connectivity index (χ1n) is 12.6. The fraction of sp³-hybridized carbons (Fsp3) is 0.276. The number of fused-ring (bicyclic) bond motifs is 1. The number of aromatic nitrogens is 2. The van der Waals surface area contributed by atoms with E-state index in [9.17, 15) is 4.79 Å². The van der Waals surface area contributed by atoms with Gasteiger partial charge >= 0.3 is 0 Å². The number of nitrogens with one attached hydrogen (secondary N) is 1. The Bertz CT molecular complexity index is 1400. The summed E-state index contributed by atoms with van der Waals surface area (Å²) in [6.07, 6.45) is 3.80. The number of hydrogen-bond donors (Lipinski definition) is 2. The van der Waals surface area contributed by atoms with E-state index < -0.39 is 5.91 Å². The Hall–Kier alpha value is -4.37. The Kier molecular flexibility index (Phi) is 7.55. The molecule has 0 saturated carbocycles. The van der Waals surface area contributed by atoms with Crippen LogP contribution in [0.3, 0.4) is 0 Å². The summed E-state index contributed by atoms with van der Waals surface area (Å²) in [6, 6.07) is 18.0. The second-order valence-electron chi connectivity index (χ2n) is 9.44. The molecular formula is C29H31N5O4. The molecule has 4 aromatic rings. The van der Waals surface area contributed by atoms with Crippen LogP contribution < -0.4 is 25.3 Å². The van der Waals surface area contributed by atoms with Crippen LogP contribution in [0.25, 0.3) is 10.9 Å². The predicted molar refractivity (Wildman–Crippen MR) is 147 cm³/mol. The van der Waals surface area contributed by atoms with Gasteiger partial charge in [0.1, 0.15) is 23.6 Å². The average molecular weight is 514 g/mol. The maximum atomic E-state index is 11.2. The predicted octanol–water partition coefficient (Wildman–Crippen LogP) is 4.99. The van der Waals surface area contributed by atoms with Crippen molar-refractivity contribution >= 4 is 28.3 Å². The van der Waals surface area contributed by atoms with Crippen LogP contribution in [0.1, 0.15) is 23.2 Å². The fourth-order valence-corrected chi connectivity index (χ4v) is 4.44. The summed E-state index contributed by atoms with van der Waals surface area (Å²) in [5.74, 6) is 3.32. The minimum absolute atomic E-state index is 0.432. The zero-order chi connectivity index (χ0) is 26.5. The number of amides is 1. The fourth-order valence-electron chi connectivity index (χ4n) is 4.44. The van der Waals surface area contributed by atoms with Crippen LogP contribution in [0.4, 0.5) is 11.5 Å². The molecule has 196 valence electrons. The molecular weight excluding hydrogens is 482 g/mol. The molecule has 1 aromatic heterocycles. The number of ether oxygens (including phenoxy) is 3. The molecule has 0 unspecified atom stereocenters. The third-order valence-electron chi connectivity index (χ3n) is 6.73. The molecule has 1 aliphatic rings. The van der Waals surface area contributed by atoms with E-state index >= 15 is 0 Å². The SMILES string of the molecule is COc1cc2c(Nc3ccc(Oc4ccc(C(N)=O)cc4)cc3)ncnc2cc1OCC1CCN(C)CC1. The molecule has 9 heteroatoms. The third-order valence-corrected chi connectivity index (χ3v) is 6.73. The topological polar surface area (TPSA) is 112 Å². The van der Waals surface area contributed by atoms with Gasteiger partial charge in [-0.25, -0.2) is 9.97 Å². The highest BCUT2D eigenvalue weighted by molar-refractivity contribution is 5.93. The molecule has 1 amide bonds. The summed E-state index contributed by atoms with van der Waals surface area (Å²) in [6.45, 7) is 2.86. The van der Waals surface area contributed by atoms with Gasteiger partial charge in [0.05, 0.1) is 19.2 Å². The molecule has 3 N–H and O–H groups in total. The second kappa shape index (κ2) is 11.4. The van der Waals surface area contributed by atoms with Crippen LogP contribution in [0.5, 0.6) is 23.0 Å². The van der Waals surface area contributed by atoms with Crippen molar-refractivity contribution in [1.82, 2.24) is 14.9 Å². The highest BCUT2D eigenvalue weighted by Crippen LogP contribution is 2.35. The van der Waals surface area contributed by atoms with Gasteiger partial charge < -0.3 is 30.2 Å². The van der Waals surface area contributed by atoms with Gasteiger partial charge in [0.2, 0.25) is 5.91 Å². The second-order valence-corrected chi connectivity index (χ2v) is 9.44. The maximum absolute atomic E-state index is 11.2. The lowest BCUT2D eigenvalue weighted by atomic mass is 9.98. The van der Waals surface area contributed by atoms with Crippen LogP contribution in [-0.4, -0.2) is 54.6 Å². The summed E-state index contributed by atoms with van der Waals surface area (Å²) in [5.41, 5.74) is 7.32. The lowest BCUT2D eigenvalue weighted by Gasteiger charge is -2.28. The molecule has 1 saturated heterocycles. The quantitative estimate of drug-likeness (QED) is 0.322. The van der Waals surface area contributed by atoms with Gasteiger partial charge in [-0.1, -0.05) is 0 Å². The standard InChI is InChI=1S/C29H31N5O4/c1-34-13-11-19(12-14-34)17-37-27-16-25-24(15-26(27)36-2)29(32-18-31-25)33-21-5-9-23(10-6-21)38-22-7-3-20(4-8-22)28(30)35/h3-10,15-16,18-19H,11-14,17H2,1-2H3,(H2,30,35)(H,31,32,33). The molecule has 5 rings (SSSR count). The first-order chi connectivity index (χ1) is 18.5. The van der Waals surface area contributed by atoms with Gasteiger partial charge in [-0.2, -0.15) is 0 Å². The summed E-state index contributed by atoms with van der Waals surface area (Å²) in [7, 11) is 3.80. The summed E-state index contributed by atoms with van der Waals surface area (Å²) >= 11 is 0. The Balaban J connectivity index is 1.28. The van der Waals surface area contributed by atoms with Gasteiger partial charge in [-0.3, -0.25) is 4.79 Å². The number of benzene rings is 3. The first kappa shape index (κ1) is 25.3. The average Bonchev–Trinajstić information content (AvgIpc) is 2.94. The normalized spacial score (nSPS) is 14.3. The lowest BCUT2D eigenvalue weighted by Crippen LogP contribution is -2.32. The van der Waals surface area contributed by atoms with Gasteiger partial charge in [-0.15, -0.1) is 0 Å². The van der Waals surface area contributed by atoms with E-state index in [1.54, 1.807) is 31.4 Å². The van der Waals surface area contributed by atoms with Crippen molar-refractivity contribution < 1.29 is 19.0 Å². The zero-order valence-corrected chi connectivity index (χ0v) is 21.5. The number of anilines is 2. The number of carbonyl (C=O) groups excluding carboxylic acids is 1. The largest absolute Gasteiger partial charge is 0.493 e. The number of methoxy groups -OCH3 is 1. The van der Waals surface area contributed by atoms with E-state index in [4.69, 9.17) is 19.9 Å². The van der Waals surface area contributed by atoms with E-state index in [1.807, 2.05) is 36.4 Å². The smallest absolute Gasteiger partial charge is 0.248 e. The minimum Gasteiger partial charge on any atom is -0.493 e. The maximum Gasteiger partial charge on any atom is 0.248 e. The summed E-state index contributed by atoms with van der Waals surface area (Å²) in [4.78, 5) is 22.5. The first-order valence-corrected chi connectivity index (χ1v) is 12.6. The van der Waals surface area contributed by atoms with Crippen molar-refractivity contribution in [2.45, 2.75) is 12.8 Å². The van der Waals surface area contributed by atoms with Crippen molar-refractivity contribution in [1.29, 1.82) is 0 Å². The van der Waals surface area contributed by atoms with Crippen LogP contribution in [0.2, 0.25) is 0 Å². The van der Waals surface area contributed by atoms with Gasteiger partial charge in [0.25, 0.3) is 0 Å². The minimum atomic E-state index is -0.474. The van der Waals surface area contributed by atoms with Crippen molar-refractivity contribution in [3.8, 4) is 23.0 Å². The number of primary amides is 1. The molecule has 1 fully saturated rings. The van der Waals surface area contributed by atoms with Crippen LogP contribution in [0.15, 0.2) is 67.0 Å². The number of likely N-dealkylation sites (tertiary alicyclic amines) is 1. The summed E-state index contributed by atoms with van der Waals surface area (Å²) < 4.78 is 17.7. The van der Waals surface area contributed by atoms with Crippen LogP contribution in [0, 0.1) is 5.92 Å². The Labute approximate surface area is 221 Å². The number of carbonyl (C=O) groups is 1. The van der Waals surface area contributed by atoms with E-state index in [-0.39, 0.29) is 0 Å². The number of nitrogens with two attached hydrogens (primary N) is 1. The van der Waals surface area contributed by atoms with Gasteiger partial charge in [0, 0.05) is 22.7 Å². The number of nitrogens with zero attached hydrogens (tertiary/aromatic N) is 3. The van der Waals surface area contributed by atoms with Crippen molar-refractivity contribution in [3.63, 3.8) is 0 Å². The molecule has 3 aromatic carbocycles. The Morgan fingerprint density at radius 1 is 1.00 bits per heavy atom. The van der Waals surface area contributed by atoms with Crippen LogP contribution in [-0.2, 0) is 0 Å². The third kappa shape index (κ3) is 5.95. The van der Waals surface area contributed by atoms with E-state index in [1.165, 1.54) is 6.33 Å². The molecule has 0 spiro atoms. The monoisotopic (exact) mass is 513 g/mol. The number of hydrogen-bond acceptors (Lipinski definition) is 8. The number of rotatable bonds is 9. The molecule has 2 heterocycles. The van der Waals surface area contributed by atoms with Crippen molar-refractivity contribution in [3.05, 3.63) is 72.6 Å². The van der Waals surface area contributed by atoms with E-state index in [2.05, 4.69) is 27.2 Å². The number of piperidine rings is 1. The van der Waals surface area contributed by atoms with Crippen molar-refractivity contribution in [2.75, 3.05) is 39.2 Å². The van der Waals surface area contributed by atoms with Gasteiger partial charge in [-0.05, 0) is 93.5 Å². The Morgan fingerprint density at radius 2 is 1.68 bits per heavy atom. The highest BCUT2D eigenvalue weighted by Gasteiger charge is 2.19. The highest BCUT2D eigenvalue weighted by atomic mass is 16.5. The van der Waals surface area contributed by atoms with E-state index in [0.29, 0.717) is 46.9 Å². The molecule has 0 radical (unpaired) electrons. The molecule has 9 nitrogen and oxygen atoms in total. The lowest BCUT2D eigenvalue weighted by molar-refractivity contribution is 0.100. The molecule has 0 bridgehead atoms.